The highest BCUT2D eigenvalue weighted by atomic mass is 32.2. The summed E-state index contributed by atoms with van der Waals surface area (Å²) in [5, 5.41) is 1.89. The third-order valence-electron chi connectivity index (χ3n) is 2.77. The highest BCUT2D eigenvalue weighted by molar-refractivity contribution is 7.99. The molecular weight excluding hydrogens is 343 g/mol. The molecule has 0 aliphatic heterocycles. The van der Waals surface area contributed by atoms with Crippen LogP contribution < -0.4 is 10.1 Å². The molecule has 0 aromatic heterocycles. The van der Waals surface area contributed by atoms with Crippen LogP contribution in [-0.2, 0) is 14.6 Å². The number of anilines is 1. The van der Waals surface area contributed by atoms with Crippen LogP contribution in [0.3, 0.4) is 0 Å². The summed E-state index contributed by atoms with van der Waals surface area (Å²) in [5.41, 5.74) is -5.56. The van der Waals surface area contributed by atoms with Crippen molar-refractivity contribution < 1.29 is 31.1 Å². The smallest absolute Gasteiger partial charge is 0.495 e. The average molecular weight is 357 g/mol. The van der Waals surface area contributed by atoms with E-state index in [1.54, 1.807) is 13.2 Å². The van der Waals surface area contributed by atoms with E-state index in [4.69, 9.17) is 4.74 Å². The number of carbonyl (C=O) groups is 1. The summed E-state index contributed by atoms with van der Waals surface area (Å²) < 4.78 is 65.4. The fourth-order valence-corrected chi connectivity index (χ4v) is 2.49. The fraction of sp³-hybridized carbons (Fsp3) is 0.417. The van der Waals surface area contributed by atoms with Gasteiger partial charge in [0.25, 0.3) is 9.84 Å². The lowest BCUT2D eigenvalue weighted by Crippen LogP contribution is -2.25. The summed E-state index contributed by atoms with van der Waals surface area (Å²) in [4.78, 5) is 10.8. The molecule has 0 aliphatic carbocycles. The topological polar surface area (TPSA) is 72.5 Å². The third kappa shape index (κ3) is 3.86. The molecule has 0 bridgehead atoms. The Kier molecular flexibility index (Phi) is 5.74. The predicted octanol–water partition coefficient (Wildman–Crippen LogP) is 2.68. The molecule has 0 saturated carbocycles. The van der Waals surface area contributed by atoms with Gasteiger partial charge in [0.2, 0.25) is 5.91 Å². The SMILES string of the molecule is COc1ccc(S(=O)(=O)C(F)(F)F)cc1NC(=O)[C@@H](C)SC. The lowest BCUT2D eigenvalue weighted by molar-refractivity contribution is -0.115. The van der Waals surface area contributed by atoms with Crippen LogP contribution in [0, 0.1) is 0 Å². The monoisotopic (exact) mass is 357 g/mol. The van der Waals surface area contributed by atoms with Gasteiger partial charge in [-0.05, 0) is 31.4 Å². The van der Waals surface area contributed by atoms with Crippen LogP contribution in [0.25, 0.3) is 0 Å². The Morgan fingerprint density at radius 1 is 1.36 bits per heavy atom. The fourth-order valence-electron chi connectivity index (χ4n) is 1.43. The van der Waals surface area contributed by atoms with Gasteiger partial charge in [-0.2, -0.15) is 24.9 Å². The number of halogens is 3. The largest absolute Gasteiger partial charge is 0.501 e. The first-order valence-electron chi connectivity index (χ1n) is 5.87. The second kappa shape index (κ2) is 6.78. The minimum absolute atomic E-state index is 0.0581. The molecule has 1 aromatic carbocycles. The van der Waals surface area contributed by atoms with E-state index >= 15 is 0 Å². The molecule has 1 aromatic rings. The maximum Gasteiger partial charge on any atom is 0.501 e. The zero-order valence-corrected chi connectivity index (χ0v) is 13.5. The first kappa shape index (κ1) is 18.6. The van der Waals surface area contributed by atoms with Crippen LogP contribution >= 0.6 is 11.8 Å². The van der Waals surface area contributed by atoms with Crippen molar-refractivity contribution in [3.63, 3.8) is 0 Å². The van der Waals surface area contributed by atoms with Crippen molar-refractivity contribution in [2.75, 3.05) is 18.7 Å². The van der Waals surface area contributed by atoms with Crippen molar-refractivity contribution in [3.05, 3.63) is 18.2 Å². The number of alkyl halides is 3. The maximum atomic E-state index is 12.6. The molecule has 0 heterocycles. The van der Waals surface area contributed by atoms with Crippen molar-refractivity contribution in [1.29, 1.82) is 0 Å². The zero-order valence-electron chi connectivity index (χ0n) is 11.9. The van der Waals surface area contributed by atoms with E-state index < -0.39 is 31.4 Å². The molecule has 1 atom stereocenters. The maximum absolute atomic E-state index is 12.6. The number of rotatable bonds is 5. The van der Waals surface area contributed by atoms with Gasteiger partial charge < -0.3 is 10.1 Å². The highest BCUT2D eigenvalue weighted by Gasteiger charge is 2.47. The molecule has 1 amide bonds. The Balaban J connectivity index is 3.29. The molecule has 0 radical (unpaired) electrons. The molecule has 0 unspecified atom stereocenters. The van der Waals surface area contributed by atoms with Gasteiger partial charge in [0.15, 0.2) is 0 Å². The van der Waals surface area contributed by atoms with Gasteiger partial charge >= 0.3 is 5.51 Å². The number of sulfone groups is 1. The second-order valence-electron chi connectivity index (χ2n) is 4.18. The van der Waals surface area contributed by atoms with Crippen LogP contribution in [-0.4, -0.2) is 38.4 Å². The Bertz CT molecular complexity index is 659. The highest BCUT2D eigenvalue weighted by Crippen LogP contribution is 2.34. The number of amides is 1. The van der Waals surface area contributed by atoms with E-state index in [1.165, 1.54) is 18.9 Å². The first-order chi connectivity index (χ1) is 10.0. The summed E-state index contributed by atoms with van der Waals surface area (Å²) in [6.45, 7) is 1.60. The molecule has 124 valence electrons. The molecule has 1 N–H and O–H groups in total. The van der Waals surface area contributed by atoms with Crippen molar-refractivity contribution in [3.8, 4) is 5.75 Å². The van der Waals surface area contributed by atoms with E-state index in [9.17, 15) is 26.4 Å². The number of carbonyl (C=O) groups excluding carboxylic acids is 1. The summed E-state index contributed by atoms with van der Waals surface area (Å²) >= 11 is 1.23. The molecule has 5 nitrogen and oxygen atoms in total. The normalized spacial score (nSPS) is 13.5. The summed E-state index contributed by atoms with van der Waals surface area (Å²) in [5.74, 6) is -0.421. The number of ether oxygens (including phenoxy) is 1. The number of benzene rings is 1. The van der Waals surface area contributed by atoms with Crippen LogP contribution in [0.5, 0.6) is 5.75 Å². The van der Waals surface area contributed by atoms with E-state index in [0.717, 1.165) is 18.2 Å². The van der Waals surface area contributed by atoms with E-state index in [-0.39, 0.29) is 11.4 Å². The number of hydrogen-bond donors (Lipinski definition) is 1. The van der Waals surface area contributed by atoms with Gasteiger partial charge in [0, 0.05) is 0 Å². The van der Waals surface area contributed by atoms with Crippen molar-refractivity contribution >= 4 is 33.2 Å². The van der Waals surface area contributed by atoms with Gasteiger partial charge in [-0.25, -0.2) is 8.42 Å². The lowest BCUT2D eigenvalue weighted by atomic mass is 10.3. The molecule has 10 heteroatoms. The number of nitrogens with one attached hydrogen (secondary N) is 1. The Morgan fingerprint density at radius 3 is 2.41 bits per heavy atom. The van der Waals surface area contributed by atoms with Crippen molar-refractivity contribution in [2.45, 2.75) is 22.6 Å². The number of methoxy groups -OCH3 is 1. The van der Waals surface area contributed by atoms with Crippen molar-refractivity contribution in [1.82, 2.24) is 0 Å². The quantitative estimate of drug-likeness (QED) is 0.877. The van der Waals surface area contributed by atoms with Crippen LogP contribution in [0.1, 0.15) is 6.92 Å². The van der Waals surface area contributed by atoms with Gasteiger partial charge in [0.1, 0.15) is 5.75 Å². The predicted molar refractivity (Wildman–Crippen MR) is 77.8 cm³/mol. The van der Waals surface area contributed by atoms with Crippen LogP contribution in [0.15, 0.2) is 23.1 Å². The summed E-state index contributed by atoms with van der Waals surface area (Å²) in [7, 11) is -4.25. The molecule has 0 saturated heterocycles. The number of thioether (sulfide) groups is 1. The summed E-state index contributed by atoms with van der Waals surface area (Å²) in [6.07, 6.45) is 1.69. The molecule has 0 spiro atoms. The molecule has 0 fully saturated rings. The Morgan fingerprint density at radius 2 is 1.95 bits per heavy atom. The average Bonchev–Trinajstić information content (AvgIpc) is 2.44. The molecule has 0 aliphatic rings. The van der Waals surface area contributed by atoms with E-state index in [1.807, 2.05) is 0 Å². The lowest BCUT2D eigenvalue weighted by Gasteiger charge is -2.15. The van der Waals surface area contributed by atoms with Gasteiger partial charge in [-0.1, -0.05) is 0 Å². The van der Waals surface area contributed by atoms with Gasteiger partial charge in [0.05, 0.1) is 22.9 Å². The van der Waals surface area contributed by atoms with Gasteiger partial charge in [-0.15, -0.1) is 0 Å². The molecule has 1 rings (SSSR count). The van der Waals surface area contributed by atoms with Gasteiger partial charge in [-0.3, -0.25) is 4.79 Å². The minimum atomic E-state index is -5.50. The molecule has 22 heavy (non-hydrogen) atoms. The van der Waals surface area contributed by atoms with E-state index in [0.29, 0.717) is 0 Å². The van der Waals surface area contributed by atoms with E-state index in [2.05, 4.69) is 5.32 Å². The zero-order chi connectivity index (χ0) is 17.1. The third-order valence-corrected chi connectivity index (χ3v) is 5.17. The van der Waals surface area contributed by atoms with Crippen LogP contribution in [0.4, 0.5) is 18.9 Å². The second-order valence-corrected chi connectivity index (χ2v) is 7.30. The van der Waals surface area contributed by atoms with Crippen LogP contribution in [0.2, 0.25) is 0 Å². The number of hydrogen-bond acceptors (Lipinski definition) is 5. The minimum Gasteiger partial charge on any atom is -0.495 e. The summed E-state index contributed by atoms with van der Waals surface area (Å²) in [6, 6.07) is 2.56. The molecular formula is C12H14F3NO4S2. The first-order valence-corrected chi connectivity index (χ1v) is 8.64. The Labute approximate surface area is 130 Å². The Hall–Kier alpha value is -1.42. The van der Waals surface area contributed by atoms with Crippen molar-refractivity contribution in [2.24, 2.45) is 0 Å². The standard InChI is InChI=1S/C12H14F3NO4S2/c1-7(21-3)11(17)16-9-6-8(4-5-10(9)20-2)22(18,19)12(13,14)15/h4-7H,1-3H3,(H,16,17)/t7-/m1/s1.